The van der Waals surface area contributed by atoms with Crippen molar-refractivity contribution in [2.45, 2.75) is 66.2 Å². The summed E-state index contributed by atoms with van der Waals surface area (Å²) in [5.74, 6) is 0.910. The van der Waals surface area contributed by atoms with Gasteiger partial charge in [0.1, 0.15) is 0 Å². The molecule has 3 rings (SSSR count). The van der Waals surface area contributed by atoms with Crippen molar-refractivity contribution in [3.63, 3.8) is 0 Å². The van der Waals surface area contributed by atoms with Crippen LogP contribution in [0, 0.1) is 34.5 Å². The highest BCUT2D eigenvalue weighted by atomic mass is 16.5. The van der Waals surface area contributed by atoms with Crippen LogP contribution in [0.15, 0.2) is 12.2 Å². The quantitative estimate of drug-likeness (QED) is 0.547. The van der Waals surface area contributed by atoms with Gasteiger partial charge in [-0.05, 0) is 54.8 Å². The third-order valence-electron chi connectivity index (χ3n) is 7.64. The fourth-order valence-electron chi connectivity index (χ4n) is 6.23. The largest absolute Gasteiger partial charge is 0.466 e. The maximum absolute atomic E-state index is 11.9. The first kappa shape index (κ1) is 19.4. The van der Waals surface area contributed by atoms with Gasteiger partial charge in [-0.2, -0.15) is 0 Å². The molecule has 0 bridgehead atoms. The molecule has 0 aromatic rings. The Hall–Kier alpha value is -1.32. The number of allylic oxidation sites excluding steroid dienone is 1. The first-order valence-electron chi connectivity index (χ1n) is 10.1. The molecule has 0 N–H and O–H groups in total. The highest BCUT2D eigenvalue weighted by Crippen LogP contribution is 2.63. The van der Waals surface area contributed by atoms with Crippen LogP contribution < -0.4 is 0 Å². The van der Waals surface area contributed by atoms with Gasteiger partial charge in [0.25, 0.3) is 0 Å². The van der Waals surface area contributed by atoms with Crippen molar-refractivity contribution in [2.24, 2.45) is 34.5 Å². The number of carbonyl (C=O) groups is 2. The van der Waals surface area contributed by atoms with Crippen LogP contribution in [0.1, 0.15) is 66.2 Å². The zero-order valence-corrected chi connectivity index (χ0v) is 16.8. The van der Waals surface area contributed by atoms with Crippen molar-refractivity contribution in [2.75, 3.05) is 13.2 Å². The second kappa shape index (κ2) is 7.01. The standard InChI is InChI=1S/C22H34O4/c1-14-7-6-9-21(3,4)17-8-10-22(5,20(14)17)18-13-26-19(24)11-16(18)12-25-15(2)23/h16-18,20H,1,6-13H2,2-5H3/t16-,17+,18+,20+,22-/m0/s1. The molecule has 4 heteroatoms. The van der Waals surface area contributed by atoms with Gasteiger partial charge in [0, 0.05) is 18.8 Å². The molecule has 4 nitrogen and oxygen atoms in total. The van der Waals surface area contributed by atoms with Crippen molar-refractivity contribution < 1.29 is 19.1 Å². The predicted molar refractivity (Wildman–Crippen MR) is 100 cm³/mol. The van der Waals surface area contributed by atoms with Crippen LogP contribution in [-0.2, 0) is 19.1 Å². The van der Waals surface area contributed by atoms with Gasteiger partial charge in [-0.3, -0.25) is 9.59 Å². The molecule has 1 saturated heterocycles. The minimum Gasteiger partial charge on any atom is -0.466 e. The molecule has 5 atom stereocenters. The van der Waals surface area contributed by atoms with Gasteiger partial charge in [-0.1, -0.05) is 32.9 Å². The molecular weight excluding hydrogens is 328 g/mol. The van der Waals surface area contributed by atoms with Crippen LogP contribution >= 0.6 is 0 Å². The van der Waals surface area contributed by atoms with Crippen molar-refractivity contribution in [3.05, 3.63) is 12.2 Å². The Morgan fingerprint density at radius 1 is 1.27 bits per heavy atom. The van der Waals surface area contributed by atoms with Crippen LogP contribution in [0.5, 0.6) is 0 Å². The number of hydrogen-bond acceptors (Lipinski definition) is 4. The molecule has 0 amide bonds. The lowest BCUT2D eigenvalue weighted by Gasteiger charge is -2.47. The number of esters is 2. The van der Waals surface area contributed by atoms with E-state index in [0.717, 1.165) is 12.8 Å². The average Bonchev–Trinajstić information content (AvgIpc) is 2.86. The summed E-state index contributed by atoms with van der Waals surface area (Å²) in [6.07, 6.45) is 6.24. The Balaban J connectivity index is 1.90. The second-order valence-electron chi connectivity index (χ2n) is 9.69. The summed E-state index contributed by atoms with van der Waals surface area (Å²) in [6, 6.07) is 0. The normalized spacial score (nSPS) is 39.7. The number of rotatable bonds is 3. The Bertz CT molecular complexity index is 593. The van der Waals surface area contributed by atoms with Crippen LogP contribution in [0.2, 0.25) is 0 Å². The smallest absolute Gasteiger partial charge is 0.306 e. The third-order valence-corrected chi connectivity index (χ3v) is 7.64. The lowest BCUT2D eigenvalue weighted by molar-refractivity contribution is -0.164. The van der Waals surface area contributed by atoms with E-state index in [0.29, 0.717) is 36.9 Å². The first-order valence-corrected chi connectivity index (χ1v) is 10.1. The van der Waals surface area contributed by atoms with Gasteiger partial charge < -0.3 is 9.47 Å². The second-order valence-corrected chi connectivity index (χ2v) is 9.69. The first-order chi connectivity index (χ1) is 12.1. The van der Waals surface area contributed by atoms with Crippen molar-refractivity contribution in [1.29, 1.82) is 0 Å². The molecule has 2 aliphatic carbocycles. The van der Waals surface area contributed by atoms with E-state index in [1.165, 1.54) is 31.8 Å². The number of fused-ring (bicyclic) bond motifs is 1. The van der Waals surface area contributed by atoms with Crippen LogP contribution in [0.4, 0.5) is 0 Å². The van der Waals surface area contributed by atoms with Crippen molar-refractivity contribution in [1.82, 2.24) is 0 Å². The fraction of sp³-hybridized carbons (Fsp3) is 0.818. The van der Waals surface area contributed by atoms with Crippen LogP contribution in [0.3, 0.4) is 0 Å². The monoisotopic (exact) mass is 362 g/mol. The number of carbonyl (C=O) groups excluding carboxylic acids is 2. The summed E-state index contributed by atoms with van der Waals surface area (Å²) in [5, 5.41) is 0. The Morgan fingerprint density at radius 2 is 2.00 bits per heavy atom. The average molecular weight is 363 g/mol. The number of cyclic esters (lactones) is 1. The van der Waals surface area contributed by atoms with E-state index >= 15 is 0 Å². The van der Waals surface area contributed by atoms with E-state index in [4.69, 9.17) is 9.47 Å². The molecule has 3 fully saturated rings. The van der Waals surface area contributed by atoms with E-state index in [1.54, 1.807) is 0 Å². The molecule has 0 unspecified atom stereocenters. The van der Waals surface area contributed by atoms with E-state index in [9.17, 15) is 9.59 Å². The summed E-state index contributed by atoms with van der Waals surface area (Å²) in [7, 11) is 0. The maximum Gasteiger partial charge on any atom is 0.306 e. The topological polar surface area (TPSA) is 52.6 Å². The lowest BCUT2D eigenvalue weighted by Crippen LogP contribution is -2.47. The molecule has 1 aliphatic heterocycles. The summed E-state index contributed by atoms with van der Waals surface area (Å²) in [4.78, 5) is 23.2. The minimum absolute atomic E-state index is 0.0445. The molecule has 26 heavy (non-hydrogen) atoms. The Labute approximate surface area is 157 Å². The number of ether oxygens (including phenoxy) is 2. The molecule has 0 aromatic heterocycles. The Morgan fingerprint density at radius 3 is 2.69 bits per heavy atom. The molecule has 0 aromatic carbocycles. The highest BCUT2D eigenvalue weighted by molar-refractivity contribution is 5.70. The molecule has 0 radical (unpaired) electrons. The summed E-state index contributed by atoms with van der Waals surface area (Å²) in [5.41, 5.74) is 1.75. The molecular formula is C22H34O4. The predicted octanol–water partition coefficient (Wildman–Crippen LogP) is 4.53. The zero-order valence-electron chi connectivity index (χ0n) is 16.8. The molecule has 1 heterocycles. The van der Waals surface area contributed by atoms with E-state index < -0.39 is 0 Å². The van der Waals surface area contributed by atoms with Gasteiger partial charge in [0.15, 0.2) is 0 Å². The van der Waals surface area contributed by atoms with Crippen molar-refractivity contribution >= 4 is 11.9 Å². The fourth-order valence-corrected chi connectivity index (χ4v) is 6.23. The summed E-state index contributed by atoms with van der Waals surface area (Å²) in [6.45, 7) is 13.9. The van der Waals surface area contributed by atoms with E-state index in [2.05, 4.69) is 27.4 Å². The van der Waals surface area contributed by atoms with Crippen LogP contribution in [-0.4, -0.2) is 25.2 Å². The summed E-state index contributed by atoms with van der Waals surface area (Å²) < 4.78 is 10.8. The van der Waals surface area contributed by atoms with Gasteiger partial charge >= 0.3 is 11.9 Å². The van der Waals surface area contributed by atoms with Gasteiger partial charge in [0.05, 0.1) is 19.6 Å². The van der Waals surface area contributed by atoms with Crippen molar-refractivity contribution in [3.8, 4) is 0 Å². The molecule has 2 saturated carbocycles. The highest BCUT2D eigenvalue weighted by Gasteiger charge is 2.57. The maximum atomic E-state index is 11.9. The van der Waals surface area contributed by atoms with Gasteiger partial charge in [-0.25, -0.2) is 0 Å². The lowest BCUT2D eigenvalue weighted by atomic mass is 9.59. The SMILES string of the molecule is C=C1CCCC(C)(C)[C@@H]2CC[C@@](C)([C@@H]3COC(=O)C[C@H]3COC(C)=O)[C@H]12. The zero-order chi connectivity index (χ0) is 19.1. The number of hydrogen-bond donors (Lipinski definition) is 0. The Kier molecular flexibility index (Phi) is 5.24. The summed E-state index contributed by atoms with van der Waals surface area (Å²) >= 11 is 0. The van der Waals surface area contributed by atoms with Gasteiger partial charge in [0.2, 0.25) is 0 Å². The van der Waals surface area contributed by atoms with E-state index in [-0.39, 0.29) is 29.2 Å². The van der Waals surface area contributed by atoms with Crippen LogP contribution in [0.25, 0.3) is 0 Å². The third kappa shape index (κ3) is 3.44. The van der Waals surface area contributed by atoms with Gasteiger partial charge in [-0.15, -0.1) is 0 Å². The molecule has 3 aliphatic rings. The van der Waals surface area contributed by atoms with E-state index in [1.807, 2.05) is 0 Å². The molecule has 0 spiro atoms. The molecule has 146 valence electrons. The minimum atomic E-state index is -0.280.